The maximum Gasteiger partial charge on any atom is 0.416 e. The molecule has 3 aromatic rings. The molecule has 202 valence electrons. The van der Waals surface area contributed by atoms with Gasteiger partial charge in [0.15, 0.2) is 0 Å². The van der Waals surface area contributed by atoms with E-state index in [0.29, 0.717) is 12.8 Å². The van der Waals surface area contributed by atoms with Gasteiger partial charge in [-0.3, -0.25) is 9.69 Å². The molecule has 5 nitrogen and oxygen atoms in total. The van der Waals surface area contributed by atoms with Gasteiger partial charge in [-0.05, 0) is 46.7 Å². The molecule has 2 heterocycles. The summed E-state index contributed by atoms with van der Waals surface area (Å²) in [7, 11) is 0. The van der Waals surface area contributed by atoms with Gasteiger partial charge in [0.2, 0.25) is 0 Å². The van der Waals surface area contributed by atoms with Crippen molar-refractivity contribution in [1.29, 1.82) is 0 Å². The van der Waals surface area contributed by atoms with E-state index in [0.717, 1.165) is 28.3 Å². The van der Waals surface area contributed by atoms with Crippen molar-refractivity contribution in [2.45, 2.75) is 43.4 Å². The fourth-order valence-electron chi connectivity index (χ4n) is 6.43. The molecule has 6 rings (SSSR count). The van der Waals surface area contributed by atoms with Crippen molar-refractivity contribution in [2.75, 3.05) is 19.8 Å². The lowest BCUT2D eigenvalue weighted by Gasteiger charge is -2.47. The van der Waals surface area contributed by atoms with Crippen molar-refractivity contribution >= 4 is 11.9 Å². The van der Waals surface area contributed by atoms with Crippen LogP contribution in [-0.4, -0.2) is 48.7 Å². The monoisotopic (exact) mass is 535 g/mol. The van der Waals surface area contributed by atoms with Crippen LogP contribution in [0.2, 0.25) is 0 Å². The SMILES string of the molecule is O=C(Cc1ccccc1C(F)(F)F)C1CC2COCC(C1)N2C(=O)OCC1c2ccccc2-c2ccccc21. The molecule has 2 atom stereocenters. The van der Waals surface area contributed by atoms with Crippen molar-refractivity contribution in [3.8, 4) is 11.1 Å². The summed E-state index contributed by atoms with van der Waals surface area (Å²) in [6.45, 7) is 0.730. The number of alkyl halides is 3. The molecule has 2 fully saturated rings. The number of Topliss-reactive ketones (excluding diaryl/α,β-unsaturated/α-hetero) is 1. The number of nitrogens with zero attached hydrogens (tertiary/aromatic N) is 1. The lowest BCUT2D eigenvalue weighted by atomic mass is 9.81. The first kappa shape index (κ1) is 25.6. The molecule has 8 heteroatoms. The number of rotatable bonds is 5. The Morgan fingerprint density at radius 2 is 1.41 bits per heavy atom. The summed E-state index contributed by atoms with van der Waals surface area (Å²) in [4.78, 5) is 28.2. The quantitative estimate of drug-likeness (QED) is 0.388. The maximum atomic E-state index is 13.4. The molecule has 0 saturated carbocycles. The number of carbonyl (C=O) groups is 2. The Kier molecular flexibility index (Phi) is 6.67. The smallest absolute Gasteiger partial charge is 0.416 e. The number of hydrogen-bond donors (Lipinski definition) is 0. The molecule has 1 aliphatic carbocycles. The minimum Gasteiger partial charge on any atom is -0.448 e. The number of hydrogen-bond acceptors (Lipinski definition) is 4. The van der Waals surface area contributed by atoms with E-state index in [-0.39, 0.29) is 55.6 Å². The summed E-state index contributed by atoms with van der Waals surface area (Å²) < 4.78 is 51.9. The highest BCUT2D eigenvalue weighted by Crippen LogP contribution is 2.45. The fraction of sp³-hybridized carbons (Fsp3) is 0.355. The molecular weight excluding hydrogens is 507 g/mol. The van der Waals surface area contributed by atoms with Crippen LogP contribution in [0.15, 0.2) is 72.8 Å². The largest absolute Gasteiger partial charge is 0.448 e. The average molecular weight is 536 g/mol. The zero-order chi connectivity index (χ0) is 27.1. The van der Waals surface area contributed by atoms with Crippen LogP contribution < -0.4 is 0 Å². The highest BCUT2D eigenvalue weighted by molar-refractivity contribution is 5.84. The molecule has 2 saturated heterocycles. The van der Waals surface area contributed by atoms with Crippen LogP contribution in [0, 0.1) is 5.92 Å². The van der Waals surface area contributed by atoms with Crippen LogP contribution in [-0.2, 0) is 26.9 Å². The highest BCUT2D eigenvalue weighted by Gasteiger charge is 2.45. The van der Waals surface area contributed by atoms with Gasteiger partial charge in [0, 0.05) is 18.3 Å². The van der Waals surface area contributed by atoms with Gasteiger partial charge in [-0.1, -0.05) is 66.7 Å². The predicted molar refractivity (Wildman–Crippen MR) is 138 cm³/mol. The Balaban J connectivity index is 1.13. The van der Waals surface area contributed by atoms with Gasteiger partial charge in [0.05, 0.1) is 30.9 Å². The molecular formula is C31H28F3NO4. The Hall–Kier alpha value is -3.65. The van der Waals surface area contributed by atoms with Crippen molar-refractivity contribution in [3.05, 3.63) is 95.1 Å². The molecule has 1 amide bonds. The van der Waals surface area contributed by atoms with E-state index in [1.165, 1.54) is 18.2 Å². The van der Waals surface area contributed by atoms with Gasteiger partial charge >= 0.3 is 12.3 Å². The predicted octanol–water partition coefficient (Wildman–Crippen LogP) is 6.25. The van der Waals surface area contributed by atoms with Gasteiger partial charge in [-0.2, -0.15) is 13.2 Å². The first-order valence-electron chi connectivity index (χ1n) is 13.2. The topological polar surface area (TPSA) is 55.8 Å². The first-order valence-corrected chi connectivity index (χ1v) is 13.2. The maximum absolute atomic E-state index is 13.4. The van der Waals surface area contributed by atoms with Crippen LogP contribution in [0.4, 0.5) is 18.0 Å². The van der Waals surface area contributed by atoms with Crippen LogP contribution >= 0.6 is 0 Å². The fourth-order valence-corrected chi connectivity index (χ4v) is 6.43. The van der Waals surface area contributed by atoms with Crippen molar-refractivity contribution in [2.24, 2.45) is 5.92 Å². The number of carbonyl (C=O) groups excluding carboxylic acids is 2. The van der Waals surface area contributed by atoms with Crippen molar-refractivity contribution < 1.29 is 32.2 Å². The minimum atomic E-state index is -4.52. The number of piperidine rings is 1. The van der Waals surface area contributed by atoms with E-state index in [2.05, 4.69) is 24.3 Å². The van der Waals surface area contributed by atoms with E-state index < -0.39 is 23.8 Å². The van der Waals surface area contributed by atoms with Crippen molar-refractivity contribution in [1.82, 2.24) is 4.90 Å². The number of morpholine rings is 1. The lowest BCUT2D eigenvalue weighted by molar-refractivity contribution is -0.138. The summed E-state index contributed by atoms with van der Waals surface area (Å²) in [5.41, 5.74) is 3.74. The van der Waals surface area contributed by atoms with Gasteiger partial charge in [0.1, 0.15) is 12.4 Å². The summed E-state index contributed by atoms with van der Waals surface area (Å²) in [5, 5.41) is 0. The zero-order valence-corrected chi connectivity index (χ0v) is 21.2. The van der Waals surface area contributed by atoms with Gasteiger partial charge in [-0.25, -0.2) is 4.79 Å². The number of amides is 1. The van der Waals surface area contributed by atoms with E-state index in [4.69, 9.17) is 9.47 Å². The van der Waals surface area contributed by atoms with Crippen LogP contribution in [0.1, 0.15) is 41.0 Å². The number of ketones is 1. The number of fused-ring (bicyclic) bond motifs is 5. The summed E-state index contributed by atoms with van der Waals surface area (Å²) in [5.74, 6) is -0.746. The Morgan fingerprint density at radius 1 is 0.846 bits per heavy atom. The second kappa shape index (κ2) is 10.2. The summed E-state index contributed by atoms with van der Waals surface area (Å²) in [6, 6.07) is 20.7. The van der Waals surface area contributed by atoms with Crippen LogP contribution in [0.25, 0.3) is 11.1 Å². The van der Waals surface area contributed by atoms with Crippen molar-refractivity contribution in [3.63, 3.8) is 0 Å². The van der Waals surface area contributed by atoms with E-state index in [9.17, 15) is 22.8 Å². The third kappa shape index (κ3) is 4.82. The number of halogens is 3. The van der Waals surface area contributed by atoms with Crippen LogP contribution in [0.5, 0.6) is 0 Å². The second-order valence-corrected chi connectivity index (χ2v) is 10.5. The number of benzene rings is 3. The number of ether oxygens (including phenoxy) is 2. The second-order valence-electron chi connectivity index (χ2n) is 10.5. The third-order valence-corrected chi connectivity index (χ3v) is 8.21. The van der Waals surface area contributed by atoms with Gasteiger partial charge in [-0.15, -0.1) is 0 Å². The normalized spacial score (nSPS) is 22.2. The minimum absolute atomic E-state index is 0.0182. The molecule has 3 aromatic carbocycles. The molecule has 0 spiro atoms. The Bertz CT molecular complexity index is 1340. The molecule has 3 aliphatic rings. The molecule has 0 N–H and O–H groups in total. The lowest BCUT2D eigenvalue weighted by Crippen LogP contribution is -2.60. The molecule has 0 aromatic heterocycles. The molecule has 2 bridgehead atoms. The highest BCUT2D eigenvalue weighted by atomic mass is 19.4. The molecule has 39 heavy (non-hydrogen) atoms. The molecule has 2 aliphatic heterocycles. The Labute approximate surface area is 224 Å². The third-order valence-electron chi connectivity index (χ3n) is 8.21. The van der Waals surface area contributed by atoms with Crippen LogP contribution in [0.3, 0.4) is 0 Å². The zero-order valence-electron chi connectivity index (χ0n) is 21.2. The standard InChI is InChI=1S/C31H28F3NO4/c32-31(33,34)28-12-6-1-7-19(28)15-29(36)20-13-21-16-38-17-22(14-20)35(21)30(37)39-18-27-25-10-4-2-8-23(25)24-9-3-5-11-26(24)27/h1-12,20-22,27H,13-18H2. The van der Waals surface area contributed by atoms with E-state index in [1.54, 1.807) is 4.90 Å². The summed E-state index contributed by atoms with van der Waals surface area (Å²) in [6.07, 6.45) is -4.56. The summed E-state index contributed by atoms with van der Waals surface area (Å²) >= 11 is 0. The average Bonchev–Trinajstić information content (AvgIpc) is 3.24. The van der Waals surface area contributed by atoms with Gasteiger partial charge < -0.3 is 9.47 Å². The Morgan fingerprint density at radius 3 is 2.03 bits per heavy atom. The van der Waals surface area contributed by atoms with E-state index in [1.807, 2.05) is 24.3 Å². The molecule has 2 unspecified atom stereocenters. The molecule has 0 radical (unpaired) electrons. The van der Waals surface area contributed by atoms with E-state index >= 15 is 0 Å². The first-order chi connectivity index (χ1) is 18.8. The van der Waals surface area contributed by atoms with Gasteiger partial charge in [0.25, 0.3) is 0 Å².